The molecule has 170 valence electrons. The molecule has 6 nitrogen and oxygen atoms in total. The predicted octanol–water partition coefficient (Wildman–Crippen LogP) is 5.99. The van der Waals surface area contributed by atoms with Gasteiger partial charge in [-0.2, -0.15) is 0 Å². The molecule has 2 fully saturated rings. The fourth-order valence-corrected chi connectivity index (χ4v) is 6.61. The summed E-state index contributed by atoms with van der Waals surface area (Å²) in [6, 6.07) is 5.34. The van der Waals surface area contributed by atoms with Crippen LogP contribution in [0.5, 0.6) is 0 Å². The summed E-state index contributed by atoms with van der Waals surface area (Å²) >= 11 is 1.64. The van der Waals surface area contributed by atoms with E-state index in [1.807, 2.05) is 11.1 Å². The summed E-state index contributed by atoms with van der Waals surface area (Å²) < 4.78 is 2.46. The molecule has 0 radical (unpaired) electrons. The number of anilines is 2. The maximum absolute atomic E-state index is 12.4. The first-order valence-corrected chi connectivity index (χ1v) is 12.8. The molecule has 1 N–H and O–H groups in total. The number of rotatable bonds is 5. The molecule has 0 aromatic carbocycles. The van der Waals surface area contributed by atoms with Crippen molar-refractivity contribution in [3.8, 4) is 0 Å². The van der Waals surface area contributed by atoms with Gasteiger partial charge in [-0.1, -0.05) is 25.5 Å². The van der Waals surface area contributed by atoms with Crippen LogP contribution in [0.15, 0.2) is 43.3 Å². The number of pyridine rings is 1. The number of thiazole rings is 1. The molecule has 2 bridgehead atoms. The lowest BCUT2D eigenvalue weighted by Gasteiger charge is -2.33. The Labute approximate surface area is 198 Å². The van der Waals surface area contributed by atoms with Gasteiger partial charge in [0.25, 0.3) is 0 Å². The van der Waals surface area contributed by atoms with Crippen molar-refractivity contribution in [2.45, 2.75) is 70.0 Å². The average molecular weight is 460 g/mol. The van der Waals surface area contributed by atoms with Gasteiger partial charge in [0.15, 0.2) is 5.13 Å². The number of amides is 1. The molecule has 1 aliphatic carbocycles. The minimum atomic E-state index is 0.0397. The number of nitrogens with zero attached hydrogens (tertiary/aromatic N) is 4. The van der Waals surface area contributed by atoms with Crippen molar-refractivity contribution >= 4 is 44.7 Å². The van der Waals surface area contributed by atoms with Gasteiger partial charge in [0.1, 0.15) is 5.82 Å². The smallest absolute Gasteiger partial charge is 0.246 e. The molecule has 1 saturated heterocycles. The van der Waals surface area contributed by atoms with Crippen LogP contribution in [0.2, 0.25) is 0 Å². The Morgan fingerprint density at radius 2 is 2.09 bits per heavy atom. The van der Waals surface area contributed by atoms with Crippen molar-refractivity contribution < 1.29 is 4.79 Å². The Bertz CT molecular complexity index is 1260. The Morgan fingerprint density at radius 3 is 2.82 bits per heavy atom. The Balaban J connectivity index is 1.45. The molecule has 3 aromatic rings. The molecule has 6 rings (SSSR count). The second kappa shape index (κ2) is 8.13. The second-order valence-electron chi connectivity index (χ2n) is 9.50. The first-order chi connectivity index (χ1) is 16.1. The van der Waals surface area contributed by atoms with E-state index in [9.17, 15) is 4.79 Å². The molecule has 0 spiro atoms. The van der Waals surface area contributed by atoms with E-state index in [1.54, 1.807) is 11.3 Å². The number of aryl methyl sites for hydroxylation is 1. The summed E-state index contributed by atoms with van der Waals surface area (Å²) in [5, 5.41) is 5.53. The van der Waals surface area contributed by atoms with Crippen LogP contribution < -0.4 is 5.32 Å². The van der Waals surface area contributed by atoms with Crippen LogP contribution in [0.25, 0.3) is 16.5 Å². The number of hydrogen-bond acceptors (Lipinski definition) is 5. The molecule has 3 aromatic heterocycles. The topological polar surface area (TPSA) is 63.1 Å². The summed E-state index contributed by atoms with van der Waals surface area (Å²) in [5.41, 5.74) is 3.53. The Morgan fingerprint density at radius 1 is 1.24 bits per heavy atom. The molecule has 2 atom stereocenters. The van der Waals surface area contributed by atoms with Crippen LogP contribution in [0.3, 0.4) is 0 Å². The molecular weight excluding hydrogens is 430 g/mol. The highest BCUT2D eigenvalue weighted by atomic mass is 32.1. The SMILES string of the molecule is C=CC(=O)N1C2C=C(c3nc(Nc4ncc(C)s4)cc4c3ccn4C3CCCC3)CC1CC2. The maximum atomic E-state index is 12.4. The normalized spacial score (nSPS) is 22.7. The predicted molar refractivity (Wildman–Crippen MR) is 134 cm³/mol. The highest BCUT2D eigenvalue weighted by Crippen LogP contribution is 2.42. The maximum Gasteiger partial charge on any atom is 0.246 e. The summed E-state index contributed by atoms with van der Waals surface area (Å²) in [6.45, 7) is 5.77. The van der Waals surface area contributed by atoms with E-state index in [1.165, 1.54) is 53.1 Å². The fourth-order valence-electron chi connectivity index (χ4n) is 5.94. The molecule has 1 amide bonds. The lowest BCUT2D eigenvalue weighted by atomic mass is 9.96. The summed E-state index contributed by atoms with van der Waals surface area (Å²) in [4.78, 5) is 25.2. The minimum absolute atomic E-state index is 0.0397. The molecule has 3 aliphatic rings. The van der Waals surface area contributed by atoms with E-state index in [2.05, 4.69) is 52.8 Å². The summed E-state index contributed by atoms with van der Waals surface area (Å²) in [6.07, 6.45) is 15.8. The van der Waals surface area contributed by atoms with Gasteiger partial charge in [-0.15, -0.1) is 11.3 Å². The van der Waals surface area contributed by atoms with Crippen LogP contribution in [0.4, 0.5) is 10.9 Å². The van der Waals surface area contributed by atoms with E-state index in [4.69, 9.17) is 4.98 Å². The quantitative estimate of drug-likeness (QED) is 0.476. The molecule has 5 heterocycles. The van der Waals surface area contributed by atoms with Crippen molar-refractivity contribution in [1.82, 2.24) is 19.4 Å². The molecule has 2 aliphatic heterocycles. The van der Waals surface area contributed by atoms with Crippen LogP contribution in [-0.2, 0) is 4.79 Å². The van der Waals surface area contributed by atoms with Crippen molar-refractivity contribution in [2.24, 2.45) is 0 Å². The molecular formula is C26H29N5OS. The van der Waals surface area contributed by atoms with Crippen LogP contribution in [0.1, 0.15) is 61.6 Å². The van der Waals surface area contributed by atoms with Crippen molar-refractivity contribution in [1.29, 1.82) is 0 Å². The molecule has 1 saturated carbocycles. The third kappa shape index (κ3) is 3.59. The number of carbonyl (C=O) groups excluding carboxylic acids is 1. The van der Waals surface area contributed by atoms with Crippen molar-refractivity contribution in [3.05, 3.63) is 53.8 Å². The van der Waals surface area contributed by atoms with E-state index in [-0.39, 0.29) is 18.0 Å². The molecule has 7 heteroatoms. The first kappa shape index (κ1) is 20.7. The monoisotopic (exact) mass is 459 g/mol. The molecule has 2 unspecified atom stereocenters. The minimum Gasteiger partial charge on any atom is -0.344 e. The highest BCUT2D eigenvalue weighted by molar-refractivity contribution is 7.15. The second-order valence-corrected chi connectivity index (χ2v) is 10.7. The van der Waals surface area contributed by atoms with Gasteiger partial charge in [-0.25, -0.2) is 9.97 Å². The van der Waals surface area contributed by atoms with Gasteiger partial charge in [-0.05, 0) is 56.7 Å². The third-order valence-corrected chi connectivity index (χ3v) is 8.25. The number of hydrogen-bond donors (Lipinski definition) is 1. The van der Waals surface area contributed by atoms with Gasteiger partial charge in [0.2, 0.25) is 5.91 Å². The summed E-state index contributed by atoms with van der Waals surface area (Å²) in [5.74, 6) is 0.875. The summed E-state index contributed by atoms with van der Waals surface area (Å²) in [7, 11) is 0. The standard InChI is InChI=1S/C26H29N5OS/c1-3-24(32)31-19-8-9-20(31)13-17(12-19)25-21-10-11-30(18-6-4-5-7-18)22(21)14-23(28-25)29-26-27-15-16(2)33-26/h3,10-12,14-15,18-20H,1,4-9,13H2,2H3,(H,27,28,29). The fraction of sp³-hybridized carbons (Fsp3) is 0.423. The highest BCUT2D eigenvalue weighted by Gasteiger charge is 2.39. The van der Waals surface area contributed by atoms with E-state index >= 15 is 0 Å². The molecule has 33 heavy (non-hydrogen) atoms. The van der Waals surface area contributed by atoms with E-state index in [0.717, 1.165) is 35.9 Å². The zero-order valence-electron chi connectivity index (χ0n) is 19.0. The van der Waals surface area contributed by atoms with Crippen LogP contribution >= 0.6 is 11.3 Å². The number of fused-ring (bicyclic) bond motifs is 3. The zero-order chi connectivity index (χ0) is 22.5. The van der Waals surface area contributed by atoms with Crippen molar-refractivity contribution in [2.75, 3.05) is 5.32 Å². The van der Waals surface area contributed by atoms with Crippen molar-refractivity contribution in [3.63, 3.8) is 0 Å². The van der Waals surface area contributed by atoms with Crippen LogP contribution in [0, 0.1) is 6.92 Å². The average Bonchev–Trinajstić information content (AvgIpc) is 3.60. The number of carbonyl (C=O) groups is 1. The van der Waals surface area contributed by atoms with Crippen LogP contribution in [-0.4, -0.2) is 37.4 Å². The largest absolute Gasteiger partial charge is 0.344 e. The van der Waals surface area contributed by atoms with Gasteiger partial charge >= 0.3 is 0 Å². The van der Waals surface area contributed by atoms with Gasteiger partial charge < -0.3 is 14.8 Å². The van der Waals surface area contributed by atoms with Gasteiger partial charge in [-0.3, -0.25) is 4.79 Å². The number of aromatic nitrogens is 3. The lowest BCUT2D eigenvalue weighted by molar-refractivity contribution is -0.128. The first-order valence-electron chi connectivity index (χ1n) is 12.0. The van der Waals surface area contributed by atoms with E-state index in [0.29, 0.717) is 6.04 Å². The third-order valence-electron chi connectivity index (χ3n) is 7.42. The van der Waals surface area contributed by atoms with Gasteiger partial charge in [0.05, 0.1) is 17.3 Å². The van der Waals surface area contributed by atoms with E-state index < -0.39 is 0 Å². The Kier molecular flexibility index (Phi) is 5.09. The number of nitrogens with one attached hydrogen (secondary N) is 1. The lowest BCUT2D eigenvalue weighted by Crippen LogP contribution is -2.42. The Hall–Kier alpha value is -2.93. The zero-order valence-corrected chi connectivity index (χ0v) is 19.8. The van der Waals surface area contributed by atoms with Gasteiger partial charge in [0, 0.05) is 40.8 Å².